The molecule has 0 atom stereocenters. The van der Waals surface area contributed by atoms with Gasteiger partial charge in [-0.2, -0.15) is 13.2 Å². The van der Waals surface area contributed by atoms with Gasteiger partial charge in [-0.3, -0.25) is 0 Å². The van der Waals surface area contributed by atoms with Crippen molar-refractivity contribution in [3.8, 4) is 5.75 Å². The lowest BCUT2D eigenvalue weighted by molar-refractivity contribution is -0.276. The van der Waals surface area contributed by atoms with E-state index in [1.54, 1.807) is 0 Å². The Morgan fingerprint density at radius 3 is 2.29 bits per heavy atom. The smallest absolute Gasteiger partial charge is 0.461 e. The zero-order valence-corrected chi connectivity index (χ0v) is 12.3. The van der Waals surface area contributed by atoms with Crippen LogP contribution in [0.1, 0.15) is 23.0 Å². The van der Waals surface area contributed by atoms with Gasteiger partial charge in [-0.15, -0.1) is 13.2 Å². The summed E-state index contributed by atoms with van der Waals surface area (Å²) in [4.78, 5) is 14.8. The second-order valence-corrected chi connectivity index (χ2v) is 4.54. The molecule has 0 aliphatic rings. The summed E-state index contributed by atoms with van der Waals surface area (Å²) in [7, 11) is 0. The number of ether oxygens (including phenoxy) is 2. The van der Waals surface area contributed by atoms with E-state index in [2.05, 4.69) is 14.5 Å². The van der Waals surface area contributed by atoms with Gasteiger partial charge in [-0.25, -0.2) is 9.78 Å². The van der Waals surface area contributed by atoms with E-state index < -0.39 is 35.5 Å². The number of pyridine rings is 1. The zero-order chi connectivity index (χ0) is 16.4. The molecule has 0 fully saturated rings. The van der Waals surface area contributed by atoms with E-state index in [9.17, 15) is 31.1 Å². The fourth-order valence-corrected chi connectivity index (χ4v) is 1.84. The van der Waals surface area contributed by atoms with Gasteiger partial charge >= 0.3 is 18.5 Å². The number of hydrogen-bond donors (Lipinski definition) is 0. The molecule has 0 bridgehead atoms. The maximum absolute atomic E-state index is 12.9. The molecule has 0 aliphatic heterocycles. The van der Waals surface area contributed by atoms with Gasteiger partial charge in [-0.1, -0.05) is 0 Å². The van der Waals surface area contributed by atoms with Gasteiger partial charge in [-0.05, 0) is 29.5 Å². The minimum Gasteiger partial charge on any atom is -0.461 e. The van der Waals surface area contributed by atoms with Gasteiger partial charge in [0.25, 0.3) is 0 Å². The van der Waals surface area contributed by atoms with Crippen LogP contribution in [0.25, 0.3) is 0 Å². The predicted molar refractivity (Wildman–Crippen MR) is 64.6 cm³/mol. The second-order valence-electron chi connectivity index (χ2n) is 3.43. The normalized spacial score (nSPS) is 12.2. The van der Waals surface area contributed by atoms with E-state index in [0.29, 0.717) is 6.07 Å². The third-order valence-corrected chi connectivity index (χ3v) is 2.48. The number of nitrogens with zero attached hydrogens (tertiary/aromatic N) is 1. The number of aromatic nitrogens is 1. The number of hydrogen-bond acceptors (Lipinski definition) is 4. The number of rotatable bonds is 3. The Balaban J connectivity index is 3.53. The maximum Gasteiger partial charge on any atom is 0.573 e. The lowest BCUT2D eigenvalue weighted by Crippen LogP contribution is -2.24. The van der Waals surface area contributed by atoms with Crippen LogP contribution in [0.3, 0.4) is 0 Å². The molecule has 0 aromatic carbocycles. The van der Waals surface area contributed by atoms with Crippen molar-refractivity contribution in [3.05, 3.63) is 21.0 Å². The highest BCUT2D eigenvalue weighted by molar-refractivity contribution is 14.1. The van der Waals surface area contributed by atoms with Crippen LogP contribution in [0.5, 0.6) is 5.75 Å². The first-order chi connectivity index (χ1) is 9.45. The Bertz CT molecular complexity index is 543. The molecule has 1 rings (SSSR count). The van der Waals surface area contributed by atoms with Crippen molar-refractivity contribution in [1.29, 1.82) is 0 Å². The molecule has 0 radical (unpaired) electrons. The molecule has 0 saturated heterocycles. The highest BCUT2D eigenvalue weighted by atomic mass is 127. The predicted octanol–water partition coefficient (Wildman–Crippen LogP) is 3.78. The van der Waals surface area contributed by atoms with Crippen LogP contribution >= 0.6 is 22.6 Å². The Kier molecular flexibility index (Phi) is 5.28. The van der Waals surface area contributed by atoms with Gasteiger partial charge in [0, 0.05) is 6.07 Å². The van der Waals surface area contributed by atoms with E-state index in [0.717, 1.165) is 0 Å². The molecular formula is C10H6F6INO3. The Labute approximate surface area is 127 Å². The fraction of sp³-hybridized carbons (Fsp3) is 0.400. The summed E-state index contributed by atoms with van der Waals surface area (Å²) < 4.78 is 82.7. The molecule has 21 heavy (non-hydrogen) atoms. The highest BCUT2D eigenvalue weighted by Gasteiger charge is 2.44. The van der Waals surface area contributed by atoms with Gasteiger partial charge < -0.3 is 9.47 Å². The zero-order valence-electron chi connectivity index (χ0n) is 10.1. The summed E-state index contributed by atoms with van der Waals surface area (Å²) in [5.74, 6) is -3.05. The second kappa shape index (κ2) is 6.23. The fourth-order valence-electron chi connectivity index (χ4n) is 1.32. The molecule has 4 nitrogen and oxygen atoms in total. The molecule has 0 spiro atoms. The average Bonchev–Trinajstić information content (AvgIpc) is 2.23. The lowest BCUT2D eigenvalue weighted by Gasteiger charge is -2.17. The minimum absolute atomic E-state index is 0.265. The van der Waals surface area contributed by atoms with E-state index in [-0.39, 0.29) is 10.3 Å². The molecule has 0 amide bonds. The Morgan fingerprint density at radius 2 is 1.86 bits per heavy atom. The van der Waals surface area contributed by atoms with Crippen molar-refractivity contribution in [2.24, 2.45) is 0 Å². The van der Waals surface area contributed by atoms with E-state index >= 15 is 0 Å². The standard InChI is InChI=1S/C10H6F6INO3/c1-2-20-8(19)7-6(9(11,12)13)4(3-5(17)18-7)21-10(14,15)16/h3H,2H2,1H3. The van der Waals surface area contributed by atoms with Crippen LogP contribution in [0.15, 0.2) is 6.07 Å². The quantitative estimate of drug-likeness (QED) is 0.318. The minimum atomic E-state index is -5.35. The maximum atomic E-state index is 12.9. The van der Waals surface area contributed by atoms with E-state index in [1.165, 1.54) is 29.5 Å². The number of carbonyl (C=O) groups excluding carboxylic acids is 1. The Hall–Kier alpha value is -1.27. The number of esters is 1. The van der Waals surface area contributed by atoms with Crippen LogP contribution in [0, 0.1) is 3.70 Å². The summed E-state index contributed by atoms with van der Waals surface area (Å²) in [6, 6.07) is 0.430. The molecule has 1 aromatic rings. The summed E-state index contributed by atoms with van der Waals surface area (Å²) in [5, 5.41) is 0. The summed E-state index contributed by atoms with van der Waals surface area (Å²) in [6.45, 7) is 1.06. The molecule has 1 heterocycles. The van der Waals surface area contributed by atoms with Crippen molar-refractivity contribution in [2.45, 2.75) is 19.5 Å². The summed E-state index contributed by atoms with van der Waals surface area (Å²) in [6.07, 6.45) is -10.6. The van der Waals surface area contributed by atoms with Crippen LogP contribution in [0.2, 0.25) is 0 Å². The van der Waals surface area contributed by atoms with Crippen molar-refractivity contribution >= 4 is 28.6 Å². The number of halogens is 7. The molecular weight excluding hydrogens is 423 g/mol. The summed E-state index contributed by atoms with van der Waals surface area (Å²) >= 11 is 1.36. The van der Waals surface area contributed by atoms with Gasteiger partial charge in [0.15, 0.2) is 5.69 Å². The largest absolute Gasteiger partial charge is 0.573 e. The SMILES string of the molecule is CCOC(=O)c1nc(I)cc(OC(F)(F)F)c1C(F)(F)F. The van der Waals surface area contributed by atoms with Crippen LogP contribution in [-0.4, -0.2) is 23.9 Å². The first-order valence-corrected chi connectivity index (χ1v) is 6.24. The molecule has 0 aliphatic carbocycles. The molecule has 118 valence electrons. The van der Waals surface area contributed by atoms with Crippen molar-refractivity contribution < 1.29 is 40.6 Å². The van der Waals surface area contributed by atoms with Crippen molar-refractivity contribution in [3.63, 3.8) is 0 Å². The Morgan fingerprint density at radius 1 is 1.29 bits per heavy atom. The molecule has 0 unspecified atom stereocenters. The highest BCUT2D eigenvalue weighted by Crippen LogP contribution is 2.40. The molecule has 0 saturated carbocycles. The van der Waals surface area contributed by atoms with Crippen LogP contribution in [0.4, 0.5) is 26.3 Å². The van der Waals surface area contributed by atoms with E-state index in [4.69, 9.17) is 0 Å². The monoisotopic (exact) mass is 429 g/mol. The first-order valence-electron chi connectivity index (χ1n) is 5.16. The van der Waals surface area contributed by atoms with E-state index in [1.807, 2.05) is 0 Å². The third-order valence-electron chi connectivity index (χ3n) is 1.93. The van der Waals surface area contributed by atoms with Crippen LogP contribution in [-0.2, 0) is 10.9 Å². The van der Waals surface area contributed by atoms with Crippen molar-refractivity contribution in [1.82, 2.24) is 4.98 Å². The number of alkyl halides is 6. The first kappa shape index (κ1) is 17.8. The molecule has 0 N–H and O–H groups in total. The van der Waals surface area contributed by atoms with Gasteiger partial charge in [0.2, 0.25) is 0 Å². The third kappa shape index (κ3) is 4.89. The lowest BCUT2D eigenvalue weighted by atomic mass is 10.1. The van der Waals surface area contributed by atoms with Crippen molar-refractivity contribution in [2.75, 3.05) is 6.61 Å². The molecule has 1 aromatic heterocycles. The topological polar surface area (TPSA) is 48.4 Å². The summed E-state index contributed by atoms with van der Waals surface area (Å²) in [5.41, 5.74) is -3.21. The van der Waals surface area contributed by atoms with Crippen LogP contribution < -0.4 is 4.74 Å². The molecule has 11 heteroatoms. The van der Waals surface area contributed by atoms with Gasteiger partial charge in [0.1, 0.15) is 15.0 Å². The number of carbonyl (C=O) groups is 1. The average molecular weight is 429 g/mol. The van der Waals surface area contributed by atoms with Gasteiger partial charge in [0.05, 0.1) is 6.61 Å².